The lowest BCUT2D eigenvalue weighted by Gasteiger charge is -2.06. The molecule has 0 fully saturated rings. The van der Waals surface area contributed by atoms with Gasteiger partial charge in [-0.05, 0) is 51.9 Å². The number of non-ortho nitro benzene ring substituents is 1. The second kappa shape index (κ2) is 8.14. The van der Waals surface area contributed by atoms with Gasteiger partial charge in [0.1, 0.15) is 12.4 Å². The van der Waals surface area contributed by atoms with E-state index in [9.17, 15) is 15.4 Å². The summed E-state index contributed by atoms with van der Waals surface area (Å²) in [5, 5.41) is 20.2. The number of hydrogen-bond donors (Lipinski definition) is 0. The second-order valence-corrected chi connectivity index (χ2v) is 5.82. The minimum atomic E-state index is -0.487. The SMILES string of the molecule is C#CCOc1ccc(/C=C(\C#N)c2cccc([N+](=O)[O-])c2)cc1I. The number of halogens is 1. The van der Waals surface area contributed by atoms with E-state index >= 15 is 0 Å². The third-order valence-electron chi connectivity index (χ3n) is 3.07. The average Bonchev–Trinajstić information content (AvgIpc) is 2.59. The minimum Gasteiger partial charge on any atom is -0.480 e. The summed E-state index contributed by atoms with van der Waals surface area (Å²) in [6, 6.07) is 13.5. The highest BCUT2D eigenvalue weighted by Gasteiger charge is 2.09. The standard InChI is InChI=1S/C18H11IN2O3/c1-2-8-24-18-7-6-13(10-17(18)19)9-15(12-20)14-4-3-5-16(11-14)21(22)23/h1,3-7,9-11H,8H2/b15-9+. The molecule has 0 bridgehead atoms. The molecule has 0 aliphatic rings. The number of benzene rings is 2. The third kappa shape index (κ3) is 4.34. The molecule has 0 aromatic heterocycles. The molecule has 0 N–H and O–H groups in total. The molecular weight excluding hydrogens is 419 g/mol. The van der Waals surface area contributed by atoms with Crippen molar-refractivity contribution in [3.63, 3.8) is 0 Å². The van der Waals surface area contributed by atoms with Crippen LogP contribution in [0.4, 0.5) is 5.69 Å². The Hall–Kier alpha value is -2.84. The molecule has 0 radical (unpaired) electrons. The fourth-order valence-corrected chi connectivity index (χ4v) is 2.67. The first-order valence-corrected chi connectivity index (χ1v) is 7.85. The Kier molecular flexibility index (Phi) is 5.94. The average molecular weight is 430 g/mol. The highest BCUT2D eigenvalue weighted by molar-refractivity contribution is 14.1. The van der Waals surface area contributed by atoms with E-state index in [2.05, 4.69) is 34.6 Å². The molecular formula is C18H11IN2O3. The van der Waals surface area contributed by atoms with E-state index in [-0.39, 0.29) is 12.3 Å². The summed E-state index contributed by atoms with van der Waals surface area (Å²) in [6.07, 6.45) is 6.84. The van der Waals surface area contributed by atoms with Gasteiger partial charge in [-0.1, -0.05) is 24.1 Å². The lowest BCUT2D eigenvalue weighted by molar-refractivity contribution is -0.384. The topological polar surface area (TPSA) is 76.2 Å². The van der Waals surface area contributed by atoms with E-state index in [1.54, 1.807) is 30.3 Å². The summed E-state index contributed by atoms with van der Waals surface area (Å²) in [4.78, 5) is 10.4. The van der Waals surface area contributed by atoms with E-state index in [1.807, 2.05) is 6.07 Å². The van der Waals surface area contributed by atoms with Gasteiger partial charge >= 0.3 is 0 Å². The van der Waals surface area contributed by atoms with Gasteiger partial charge < -0.3 is 4.74 Å². The van der Waals surface area contributed by atoms with Crippen molar-refractivity contribution < 1.29 is 9.66 Å². The van der Waals surface area contributed by atoms with Crippen LogP contribution in [0.2, 0.25) is 0 Å². The quantitative estimate of drug-likeness (QED) is 0.177. The Morgan fingerprint density at radius 1 is 1.38 bits per heavy atom. The van der Waals surface area contributed by atoms with Crippen LogP contribution in [0.5, 0.6) is 5.75 Å². The molecule has 0 heterocycles. The molecule has 0 saturated heterocycles. The summed E-state index contributed by atoms with van der Waals surface area (Å²) in [5.74, 6) is 3.07. The minimum absolute atomic E-state index is 0.0544. The maximum atomic E-state index is 10.9. The van der Waals surface area contributed by atoms with Crippen molar-refractivity contribution in [2.75, 3.05) is 6.61 Å². The van der Waals surface area contributed by atoms with Gasteiger partial charge in [0.15, 0.2) is 0 Å². The normalized spacial score (nSPS) is 10.5. The molecule has 0 amide bonds. The van der Waals surface area contributed by atoms with Crippen molar-refractivity contribution in [2.24, 2.45) is 0 Å². The van der Waals surface area contributed by atoms with Crippen LogP contribution >= 0.6 is 22.6 Å². The van der Waals surface area contributed by atoms with Gasteiger partial charge in [0.05, 0.1) is 20.1 Å². The molecule has 0 aliphatic heterocycles. The molecule has 2 aromatic rings. The number of ether oxygens (including phenoxy) is 1. The van der Waals surface area contributed by atoms with Gasteiger partial charge in [-0.25, -0.2) is 0 Å². The monoisotopic (exact) mass is 430 g/mol. The third-order valence-corrected chi connectivity index (χ3v) is 3.91. The summed E-state index contributed by atoms with van der Waals surface area (Å²) in [5.41, 5.74) is 1.57. The number of rotatable bonds is 5. The van der Waals surface area contributed by atoms with Gasteiger partial charge in [0, 0.05) is 12.1 Å². The molecule has 2 rings (SSSR count). The van der Waals surface area contributed by atoms with Crippen molar-refractivity contribution >= 4 is 39.9 Å². The lowest BCUT2D eigenvalue weighted by atomic mass is 10.0. The summed E-state index contributed by atoms with van der Waals surface area (Å²) in [6.45, 7) is 0.183. The fraction of sp³-hybridized carbons (Fsp3) is 0.0556. The molecule has 2 aromatic carbocycles. The van der Waals surface area contributed by atoms with Crippen molar-refractivity contribution in [1.29, 1.82) is 5.26 Å². The zero-order valence-corrected chi connectivity index (χ0v) is 14.6. The first-order valence-electron chi connectivity index (χ1n) is 6.77. The van der Waals surface area contributed by atoms with Gasteiger partial charge in [-0.15, -0.1) is 6.42 Å². The number of terminal acetylenes is 1. The largest absolute Gasteiger partial charge is 0.480 e. The number of nitro benzene ring substituents is 1. The Balaban J connectivity index is 2.36. The van der Waals surface area contributed by atoms with Crippen LogP contribution < -0.4 is 4.74 Å². The summed E-state index contributed by atoms with van der Waals surface area (Å²) in [7, 11) is 0. The van der Waals surface area contributed by atoms with E-state index in [1.165, 1.54) is 12.1 Å². The Morgan fingerprint density at radius 3 is 2.79 bits per heavy atom. The predicted molar refractivity (Wildman–Crippen MR) is 100 cm³/mol. The number of nitro groups is 1. The Labute approximate surface area is 152 Å². The highest BCUT2D eigenvalue weighted by Crippen LogP contribution is 2.26. The molecule has 5 nitrogen and oxygen atoms in total. The van der Waals surface area contributed by atoms with Crippen LogP contribution in [0.1, 0.15) is 11.1 Å². The zero-order valence-electron chi connectivity index (χ0n) is 12.4. The first kappa shape index (κ1) is 17.5. The van der Waals surface area contributed by atoms with Crippen LogP contribution in [0.25, 0.3) is 11.6 Å². The van der Waals surface area contributed by atoms with Crippen molar-refractivity contribution in [3.05, 3.63) is 67.3 Å². The molecule has 0 unspecified atom stereocenters. The predicted octanol–water partition coefficient (Wildman–Crippen LogP) is 4.28. The molecule has 0 atom stereocenters. The maximum absolute atomic E-state index is 10.9. The number of nitriles is 1. The van der Waals surface area contributed by atoms with E-state index in [0.717, 1.165) is 9.13 Å². The van der Waals surface area contributed by atoms with Crippen LogP contribution in [-0.2, 0) is 0 Å². The van der Waals surface area contributed by atoms with Crippen LogP contribution in [0, 0.1) is 37.4 Å². The summed E-state index contributed by atoms with van der Waals surface area (Å²) >= 11 is 2.12. The molecule has 6 heteroatoms. The summed E-state index contributed by atoms with van der Waals surface area (Å²) < 4.78 is 6.25. The number of nitrogens with zero attached hydrogens (tertiary/aromatic N) is 2. The van der Waals surface area contributed by atoms with Crippen molar-refractivity contribution in [2.45, 2.75) is 0 Å². The van der Waals surface area contributed by atoms with Crippen LogP contribution in [-0.4, -0.2) is 11.5 Å². The zero-order chi connectivity index (χ0) is 17.5. The van der Waals surface area contributed by atoms with Gasteiger partial charge in [0.25, 0.3) is 5.69 Å². The first-order chi connectivity index (χ1) is 11.5. The van der Waals surface area contributed by atoms with Crippen LogP contribution in [0.15, 0.2) is 42.5 Å². The number of hydrogen-bond acceptors (Lipinski definition) is 4. The van der Waals surface area contributed by atoms with E-state index in [0.29, 0.717) is 16.9 Å². The van der Waals surface area contributed by atoms with Gasteiger partial charge in [-0.3, -0.25) is 10.1 Å². The van der Waals surface area contributed by atoms with Crippen LogP contribution in [0.3, 0.4) is 0 Å². The maximum Gasteiger partial charge on any atom is 0.270 e. The Morgan fingerprint density at radius 2 is 2.17 bits per heavy atom. The van der Waals surface area contributed by atoms with Gasteiger partial charge in [0.2, 0.25) is 0 Å². The van der Waals surface area contributed by atoms with Gasteiger partial charge in [-0.2, -0.15) is 5.26 Å². The van der Waals surface area contributed by atoms with E-state index < -0.39 is 4.92 Å². The number of allylic oxidation sites excluding steroid dienone is 1. The molecule has 0 aliphatic carbocycles. The second-order valence-electron chi connectivity index (χ2n) is 4.66. The molecule has 0 saturated carbocycles. The molecule has 0 spiro atoms. The smallest absolute Gasteiger partial charge is 0.270 e. The fourth-order valence-electron chi connectivity index (χ4n) is 1.98. The van der Waals surface area contributed by atoms with E-state index in [4.69, 9.17) is 11.2 Å². The molecule has 118 valence electrons. The molecule has 24 heavy (non-hydrogen) atoms. The highest BCUT2D eigenvalue weighted by atomic mass is 127. The lowest BCUT2D eigenvalue weighted by Crippen LogP contribution is -1.95. The Bertz CT molecular complexity index is 892. The van der Waals surface area contributed by atoms with Crippen molar-refractivity contribution in [1.82, 2.24) is 0 Å². The van der Waals surface area contributed by atoms with Crippen molar-refractivity contribution in [3.8, 4) is 24.2 Å².